The molecule has 1 aromatic rings. The van der Waals surface area contributed by atoms with Crippen molar-refractivity contribution < 1.29 is 9.53 Å². The molecule has 0 bridgehead atoms. The number of fused-ring (bicyclic) bond motifs is 1. The second-order valence-electron chi connectivity index (χ2n) is 4.44. The summed E-state index contributed by atoms with van der Waals surface area (Å²) in [6, 6.07) is 5.71. The minimum Gasteiger partial charge on any atom is -0.483 e. The van der Waals surface area contributed by atoms with E-state index in [9.17, 15) is 4.79 Å². The highest BCUT2D eigenvalue weighted by molar-refractivity contribution is 5.83. The lowest BCUT2D eigenvalue weighted by Gasteiger charge is -2.29. The van der Waals surface area contributed by atoms with Crippen LogP contribution < -0.4 is 9.64 Å². The Morgan fingerprint density at radius 1 is 1.38 bits per heavy atom. The summed E-state index contributed by atoms with van der Waals surface area (Å²) < 4.78 is 5.83. The molecule has 1 amide bonds. The molecule has 3 heteroatoms. The Labute approximate surface area is 95.3 Å². The summed E-state index contributed by atoms with van der Waals surface area (Å²) in [6.45, 7) is 4.01. The molecule has 84 valence electrons. The maximum absolute atomic E-state index is 10.8. The van der Waals surface area contributed by atoms with E-state index in [2.05, 4.69) is 0 Å². The predicted octanol–water partition coefficient (Wildman–Crippen LogP) is 2.46. The Balaban J connectivity index is 2.50. The van der Waals surface area contributed by atoms with E-state index in [4.69, 9.17) is 4.74 Å². The second-order valence-corrected chi connectivity index (χ2v) is 4.44. The van der Waals surface area contributed by atoms with Gasteiger partial charge in [0.15, 0.2) is 0 Å². The van der Waals surface area contributed by atoms with Crippen LogP contribution in [0, 0.1) is 0 Å². The Kier molecular flexibility index (Phi) is 2.46. The van der Waals surface area contributed by atoms with Crippen LogP contribution in [0.2, 0.25) is 0 Å². The number of anilines is 1. The van der Waals surface area contributed by atoms with E-state index in [0.717, 1.165) is 23.4 Å². The van der Waals surface area contributed by atoms with Crippen molar-refractivity contribution in [1.82, 2.24) is 0 Å². The third-order valence-electron chi connectivity index (χ3n) is 2.61. The Morgan fingerprint density at radius 3 is 2.81 bits per heavy atom. The van der Waals surface area contributed by atoms with Crippen LogP contribution in [-0.4, -0.2) is 19.1 Å². The number of carbonyl (C=O) groups excluding carboxylic acids is 1. The van der Waals surface area contributed by atoms with Gasteiger partial charge in [0.2, 0.25) is 6.41 Å². The number of benzene rings is 1. The van der Waals surface area contributed by atoms with Crippen molar-refractivity contribution >= 4 is 18.2 Å². The van der Waals surface area contributed by atoms with Crippen LogP contribution in [0.5, 0.6) is 5.75 Å². The summed E-state index contributed by atoms with van der Waals surface area (Å²) >= 11 is 0. The van der Waals surface area contributed by atoms with Gasteiger partial charge in [0.05, 0.1) is 5.69 Å². The van der Waals surface area contributed by atoms with Crippen molar-refractivity contribution in [2.24, 2.45) is 0 Å². The summed E-state index contributed by atoms with van der Waals surface area (Å²) in [7, 11) is 1.73. The number of ether oxygens (including phenoxy) is 1. The zero-order valence-corrected chi connectivity index (χ0v) is 9.73. The smallest absolute Gasteiger partial charge is 0.213 e. The quantitative estimate of drug-likeness (QED) is 0.712. The zero-order chi connectivity index (χ0) is 11.8. The lowest BCUT2D eigenvalue weighted by atomic mass is 10.0. The second kappa shape index (κ2) is 3.67. The highest BCUT2D eigenvalue weighted by Gasteiger charge is 2.23. The fourth-order valence-electron chi connectivity index (χ4n) is 1.75. The normalized spacial score (nSPS) is 16.2. The first-order valence-electron chi connectivity index (χ1n) is 5.23. The summed E-state index contributed by atoms with van der Waals surface area (Å²) in [4.78, 5) is 12.3. The average molecular weight is 217 g/mol. The molecule has 1 aromatic carbocycles. The fourth-order valence-corrected chi connectivity index (χ4v) is 1.75. The van der Waals surface area contributed by atoms with Gasteiger partial charge in [-0.2, -0.15) is 0 Å². The molecular weight excluding hydrogens is 202 g/mol. The molecule has 0 radical (unpaired) electrons. The standard InChI is InChI=1S/C13H15NO2/c1-13(2)8-7-10-11(14(3)9-15)5-4-6-12(10)16-13/h4-9H,1-3H3. The summed E-state index contributed by atoms with van der Waals surface area (Å²) in [5.74, 6) is 0.818. The van der Waals surface area contributed by atoms with E-state index < -0.39 is 0 Å². The fraction of sp³-hybridized carbons (Fsp3) is 0.308. The first kappa shape index (κ1) is 10.7. The van der Waals surface area contributed by atoms with Crippen LogP contribution >= 0.6 is 0 Å². The van der Waals surface area contributed by atoms with E-state index in [0.29, 0.717) is 0 Å². The molecule has 0 saturated heterocycles. The minimum atomic E-state index is -0.286. The van der Waals surface area contributed by atoms with E-state index in [1.54, 1.807) is 11.9 Å². The topological polar surface area (TPSA) is 29.5 Å². The molecule has 2 rings (SSSR count). The lowest BCUT2D eigenvalue weighted by molar-refractivity contribution is -0.107. The van der Waals surface area contributed by atoms with Crippen LogP contribution in [-0.2, 0) is 4.79 Å². The third-order valence-corrected chi connectivity index (χ3v) is 2.61. The Bertz CT molecular complexity index is 449. The van der Waals surface area contributed by atoms with Crippen LogP contribution in [0.1, 0.15) is 19.4 Å². The lowest BCUT2D eigenvalue weighted by Crippen LogP contribution is -2.28. The van der Waals surface area contributed by atoms with Gasteiger partial charge in [-0.3, -0.25) is 4.79 Å². The molecule has 0 unspecified atom stereocenters. The zero-order valence-electron chi connectivity index (χ0n) is 9.73. The Hall–Kier alpha value is -1.77. The van der Waals surface area contributed by atoms with Crippen LogP contribution in [0.3, 0.4) is 0 Å². The van der Waals surface area contributed by atoms with Gasteiger partial charge in [-0.1, -0.05) is 6.07 Å². The van der Waals surface area contributed by atoms with Crippen LogP contribution in [0.15, 0.2) is 24.3 Å². The molecule has 3 nitrogen and oxygen atoms in total. The van der Waals surface area contributed by atoms with Gasteiger partial charge in [0, 0.05) is 12.6 Å². The molecule has 0 fully saturated rings. The molecule has 0 N–H and O–H groups in total. The summed E-state index contributed by atoms with van der Waals surface area (Å²) in [5, 5.41) is 0. The van der Waals surface area contributed by atoms with Gasteiger partial charge in [0.25, 0.3) is 0 Å². The van der Waals surface area contributed by atoms with Crippen molar-refractivity contribution in [3.05, 3.63) is 29.8 Å². The Morgan fingerprint density at radius 2 is 2.12 bits per heavy atom. The molecule has 1 aliphatic heterocycles. The highest BCUT2D eigenvalue weighted by atomic mass is 16.5. The number of hydrogen-bond acceptors (Lipinski definition) is 2. The highest BCUT2D eigenvalue weighted by Crippen LogP contribution is 2.36. The van der Waals surface area contributed by atoms with Crippen molar-refractivity contribution in [1.29, 1.82) is 0 Å². The molecule has 0 saturated carbocycles. The van der Waals surface area contributed by atoms with Crippen molar-refractivity contribution in [2.45, 2.75) is 19.4 Å². The van der Waals surface area contributed by atoms with Gasteiger partial charge >= 0.3 is 0 Å². The number of amides is 1. The molecular formula is C13H15NO2. The minimum absolute atomic E-state index is 0.286. The molecule has 16 heavy (non-hydrogen) atoms. The van der Waals surface area contributed by atoms with Crippen molar-refractivity contribution in [2.75, 3.05) is 11.9 Å². The van der Waals surface area contributed by atoms with Gasteiger partial charge in [-0.05, 0) is 38.1 Å². The van der Waals surface area contributed by atoms with Crippen LogP contribution in [0.4, 0.5) is 5.69 Å². The van der Waals surface area contributed by atoms with Crippen molar-refractivity contribution in [3.8, 4) is 5.75 Å². The van der Waals surface area contributed by atoms with Gasteiger partial charge in [-0.15, -0.1) is 0 Å². The number of hydrogen-bond donors (Lipinski definition) is 0. The van der Waals surface area contributed by atoms with E-state index in [-0.39, 0.29) is 5.60 Å². The molecule has 0 atom stereocenters. The SMILES string of the molecule is CN(C=O)c1cccc2c1C=CC(C)(C)O2. The van der Waals surface area contributed by atoms with Gasteiger partial charge < -0.3 is 9.64 Å². The maximum atomic E-state index is 10.8. The average Bonchev–Trinajstić information content (AvgIpc) is 2.25. The number of rotatable bonds is 2. The first-order valence-corrected chi connectivity index (χ1v) is 5.23. The number of nitrogens with zero attached hydrogens (tertiary/aromatic N) is 1. The predicted molar refractivity (Wildman–Crippen MR) is 64.7 cm³/mol. The summed E-state index contributed by atoms with van der Waals surface area (Å²) in [6.07, 6.45) is 4.80. The molecule has 0 spiro atoms. The first-order chi connectivity index (χ1) is 7.53. The molecule has 0 aliphatic carbocycles. The molecule has 0 aromatic heterocycles. The van der Waals surface area contributed by atoms with Gasteiger partial charge in [-0.25, -0.2) is 0 Å². The molecule has 1 heterocycles. The third kappa shape index (κ3) is 1.81. The maximum Gasteiger partial charge on any atom is 0.213 e. The number of carbonyl (C=O) groups is 1. The van der Waals surface area contributed by atoms with Gasteiger partial charge in [0.1, 0.15) is 11.4 Å². The monoisotopic (exact) mass is 217 g/mol. The van der Waals surface area contributed by atoms with E-state index in [1.165, 1.54) is 0 Å². The van der Waals surface area contributed by atoms with Crippen molar-refractivity contribution in [3.63, 3.8) is 0 Å². The van der Waals surface area contributed by atoms with Crippen LogP contribution in [0.25, 0.3) is 6.08 Å². The van der Waals surface area contributed by atoms with E-state index >= 15 is 0 Å². The summed E-state index contributed by atoms with van der Waals surface area (Å²) in [5.41, 5.74) is 1.53. The van der Waals surface area contributed by atoms with E-state index in [1.807, 2.05) is 44.2 Å². The molecule has 1 aliphatic rings. The largest absolute Gasteiger partial charge is 0.483 e.